The van der Waals surface area contributed by atoms with Crippen molar-refractivity contribution in [1.29, 1.82) is 0 Å². The maximum Gasteiger partial charge on any atom is 0.434 e. The zero-order valence-corrected chi connectivity index (χ0v) is 15.0. The van der Waals surface area contributed by atoms with Gasteiger partial charge in [-0.2, -0.15) is 13.2 Å². The summed E-state index contributed by atoms with van der Waals surface area (Å²) in [5.41, 5.74) is -2.07. The number of aromatic nitrogens is 2. The second kappa shape index (κ2) is 8.53. The van der Waals surface area contributed by atoms with E-state index in [-0.39, 0.29) is 11.6 Å². The van der Waals surface area contributed by atoms with Gasteiger partial charge in [-0.15, -0.1) is 0 Å². The number of halogens is 4. The smallest absolute Gasteiger partial charge is 0.352 e. The normalized spacial score (nSPS) is 15.3. The summed E-state index contributed by atoms with van der Waals surface area (Å²) in [5, 5.41) is 4.97. The second-order valence-corrected chi connectivity index (χ2v) is 6.77. The summed E-state index contributed by atoms with van der Waals surface area (Å²) >= 11 is 0. The lowest BCUT2D eigenvalue weighted by molar-refractivity contribution is -0.141. The molecular weight excluding hydrogens is 376 g/mol. The summed E-state index contributed by atoms with van der Waals surface area (Å²) in [5.74, 6) is -1.69. The van der Waals surface area contributed by atoms with Crippen LogP contribution in [0.2, 0.25) is 0 Å². The molecule has 1 fully saturated rings. The van der Waals surface area contributed by atoms with Crippen LogP contribution in [0, 0.1) is 11.7 Å². The molecular formula is C19H20F4N4O. The number of carbonyl (C=O) groups excluding carboxylic acids is 1. The minimum atomic E-state index is -4.86. The van der Waals surface area contributed by atoms with Crippen molar-refractivity contribution in [2.24, 2.45) is 5.92 Å². The number of nitrogens with zero attached hydrogens (tertiary/aromatic N) is 2. The van der Waals surface area contributed by atoms with Crippen molar-refractivity contribution in [1.82, 2.24) is 15.3 Å². The van der Waals surface area contributed by atoms with Gasteiger partial charge in [-0.25, -0.2) is 14.4 Å². The molecule has 0 aliphatic heterocycles. The number of nitrogens with one attached hydrogen (secondary N) is 2. The van der Waals surface area contributed by atoms with Crippen LogP contribution in [0.25, 0.3) is 0 Å². The van der Waals surface area contributed by atoms with Gasteiger partial charge >= 0.3 is 6.18 Å². The number of carbonyl (C=O) groups is 1. The van der Waals surface area contributed by atoms with Gasteiger partial charge in [0.2, 0.25) is 5.95 Å². The quantitative estimate of drug-likeness (QED) is 0.720. The second-order valence-electron chi connectivity index (χ2n) is 6.77. The number of para-hydroxylation sites is 1. The first-order valence-electron chi connectivity index (χ1n) is 9.08. The lowest BCUT2D eigenvalue weighted by atomic mass is 9.89. The number of benzene rings is 1. The molecule has 2 aromatic rings. The number of amides is 1. The first-order chi connectivity index (χ1) is 13.3. The summed E-state index contributed by atoms with van der Waals surface area (Å²) in [6.07, 6.45) is 1.14. The van der Waals surface area contributed by atoms with Gasteiger partial charge in [-0.3, -0.25) is 4.79 Å². The van der Waals surface area contributed by atoms with E-state index >= 15 is 0 Å². The summed E-state index contributed by atoms with van der Waals surface area (Å²) in [7, 11) is 0. The van der Waals surface area contributed by atoms with E-state index in [0.717, 1.165) is 44.4 Å². The third-order valence-electron chi connectivity index (χ3n) is 4.70. The summed E-state index contributed by atoms with van der Waals surface area (Å²) in [6, 6.07) is 5.46. The Balaban J connectivity index is 1.78. The van der Waals surface area contributed by atoms with Crippen LogP contribution in [0.5, 0.6) is 0 Å². The zero-order valence-electron chi connectivity index (χ0n) is 15.0. The van der Waals surface area contributed by atoms with E-state index in [0.29, 0.717) is 6.54 Å². The highest BCUT2D eigenvalue weighted by molar-refractivity contribution is 5.95. The topological polar surface area (TPSA) is 66.9 Å². The Bertz CT molecular complexity index is 835. The lowest BCUT2D eigenvalue weighted by Crippen LogP contribution is -2.32. The van der Waals surface area contributed by atoms with E-state index in [1.54, 1.807) is 0 Å². The molecule has 9 heteroatoms. The van der Waals surface area contributed by atoms with E-state index in [1.807, 2.05) is 0 Å². The van der Waals surface area contributed by atoms with E-state index in [4.69, 9.17) is 0 Å². The predicted octanol–water partition coefficient (Wildman–Crippen LogP) is 4.69. The fraction of sp³-hybridized carbons (Fsp3) is 0.421. The van der Waals surface area contributed by atoms with Gasteiger partial charge in [0.05, 0.1) is 11.3 Å². The molecule has 1 saturated carbocycles. The average Bonchev–Trinajstić information content (AvgIpc) is 2.68. The average molecular weight is 396 g/mol. The molecule has 0 spiro atoms. The van der Waals surface area contributed by atoms with Crippen molar-refractivity contribution < 1.29 is 22.4 Å². The van der Waals surface area contributed by atoms with E-state index in [2.05, 4.69) is 20.6 Å². The van der Waals surface area contributed by atoms with Gasteiger partial charge in [0.25, 0.3) is 5.91 Å². The maximum absolute atomic E-state index is 13.7. The highest BCUT2D eigenvalue weighted by atomic mass is 19.4. The summed E-state index contributed by atoms with van der Waals surface area (Å²) in [6.45, 7) is 0.325. The van der Waals surface area contributed by atoms with E-state index in [9.17, 15) is 22.4 Å². The molecule has 3 rings (SSSR count). The summed E-state index contributed by atoms with van der Waals surface area (Å²) in [4.78, 5) is 19.5. The molecule has 5 nitrogen and oxygen atoms in total. The zero-order chi connectivity index (χ0) is 20.1. The van der Waals surface area contributed by atoms with Crippen molar-refractivity contribution in [3.8, 4) is 0 Å². The molecule has 1 aliphatic carbocycles. The Morgan fingerprint density at radius 3 is 2.54 bits per heavy atom. The minimum Gasteiger partial charge on any atom is -0.352 e. The molecule has 150 valence electrons. The molecule has 1 heterocycles. The number of hydrogen-bond acceptors (Lipinski definition) is 4. The third kappa shape index (κ3) is 4.96. The standard InChI is InChI=1S/C19H20F4N4O/c20-14-8-4-5-9-15(14)26-18-25-11-13(16(27-18)19(21,22)23)17(28)24-10-12-6-2-1-3-7-12/h4-5,8-9,11-12H,1-3,6-7,10H2,(H,24,28)(H,25,26,27). The van der Waals surface area contributed by atoms with Gasteiger partial charge < -0.3 is 10.6 Å². The largest absolute Gasteiger partial charge is 0.434 e. The number of anilines is 2. The van der Waals surface area contributed by atoms with Gasteiger partial charge in [-0.1, -0.05) is 31.4 Å². The molecule has 0 unspecified atom stereocenters. The Labute approximate surface area is 159 Å². The fourth-order valence-corrected chi connectivity index (χ4v) is 3.23. The van der Waals surface area contributed by atoms with Crippen molar-refractivity contribution in [3.05, 3.63) is 47.5 Å². The molecule has 2 N–H and O–H groups in total. The first-order valence-corrected chi connectivity index (χ1v) is 9.08. The van der Waals surface area contributed by atoms with Gasteiger partial charge in [0.1, 0.15) is 5.82 Å². The minimum absolute atomic E-state index is 0.0647. The van der Waals surface area contributed by atoms with Gasteiger partial charge in [0.15, 0.2) is 5.69 Å². The molecule has 1 aromatic carbocycles. The number of alkyl halides is 3. The van der Waals surface area contributed by atoms with Crippen LogP contribution in [0.4, 0.5) is 29.2 Å². The van der Waals surface area contributed by atoms with Crippen molar-refractivity contribution in [2.75, 3.05) is 11.9 Å². The number of rotatable bonds is 5. The Morgan fingerprint density at radius 1 is 1.14 bits per heavy atom. The fourth-order valence-electron chi connectivity index (χ4n) is 3.23. The molecule has 0 atom stereocenters. The molecule has 1 amide bonds. The van der Waals surface area contributed by atoms with Crippen LogP contribution < -0.4 is 10.6 Å². The molecule has 28 heavy (non-hydrogen) atoms. The van der Waals surface area contributed by atoms with Crippen LogP contribution in [-0.4, -0.2) is 22.4 Å². The molecule has 0 saturated heterocycles. The number of hydrogen-bond donors (Lipinski definition) is 2. The first kappa shape index (κ1) is 20.0. The Morgan fingerprint density at radius 2 is 1.86 bits per heavy atom. The van der Waals surface area contributed by atoms with Crippen molar-refractivity contribution >= 4 is 17.5 Å². The monoisotopic (exact) mass is 396 g/mol. The van der Waals surface area contributed by atoms with Gasteiger partial charge in [-0.05, 0) is 30.9 Å². The molecule has 1 aromatic heterocycles. The SMILES string of the molecule is O=C(NCC1CCCCC1)c1cnc(Nc2ccccc2F)nc1C(F)(F)F. The molecule has 0 radical (unpaired) electrons. The Hall–Kier alpha value is -2.71. The van der Waals surface area contributed by atoms with Crippen LogP contribution in [-0.2, 0) is 6.18 Å². The van der Waals surface area contributed by atoms with Crippen LogP contribution in [0.3, 0.4) is 0 Å². The van der Waals surface area contributed by atoms with Crippen LogP contribution in [0.15, 0.2) is 30.5 Å². The summed E-state index contributed by atoms with van der Waals surface area (Å²) < 4.78 is 54.0. The van der Waals surface area contributed by atoms with Gasteiger partial charge in [0, 0.05) is 12.7 Å². The van der Waals surface area contributed by atoms with E-state index < -0.39 is 35.1 Å². The van der Waals surface area contributed by atoms with Crippen molar-refractivity contribution in [2.45, 2.75) is 38.3 Å². The molecule has 1 aliphatic rings. The maximum atomic E-state index is 13.7. The third-order valence-corrected chi connectivity index (χ3v) is 4.70. The van der Waals surface area contributed by atoms with E-state index in [1.165, 1.54) is 18.2 Å². The Kier molecular flexibility index (Phi) is 6.11. The predicted molar refractivity (Wildman–Crippen MR) is 95.6 cm³/mol. The van der Waals surface area contributed by atoms with Crippen molar-refractivity contribution in [3.63, 3.8) is 0 Å². The van der Waals surface area contributed by atoms with Crippen LogP contribution in [0.1, 0.15) is 48.2 Å². The highest BCUT2D eigenvalue weighted by Crippen LogP contribution is 2.31. The highest BCUT2D eigenvalue weighted by Gasteiger charge is 2.38. The van der Waals surface area contributed by atoms with Crippen LogP contribution >= 0.6 is 0 Å². The molecule has 0 bridgehead atoms. The lowest BCUT2D eigenvalue weighted by Gasteiger charge is -2.22.